The molecular formula is C28H27N7. The molecule has 0 bridgehead atoms. The molecule has 7 rings (SSSR count). The molecule has 1 aliphatic carbocycles. The van der Waals surface area contributed by atoms with Gasteiger partial charge in [0.25, 0.3) is 0 Å². The Kier molecular flexibility index (Phi) is 4.38. The van der Waals surface area contributed by atoms with Crippen LogP contribution in [-0.4, -0.2) is 37.7 Å². The molecule has 5 aromatic rings. The van der Waals surface area contributed by atoms with Crippen LogP contribution < -0.4 is 10.6 Å². The van der Waals surface area contributed by atoms with Crippen molar-refractivity contribution in [2.24, 2.45) is 11.1 Å². The third-order valence-electron chi connectivity index (χ3n) is 8.08. The minimum Gasteiger partial charge on any atom is -0.342 e. The van der Waals surface area contributed by atoms with Gasteiger partial charge in [-0.05, 0) is 41.4 Å². The van der Waals surface area contributed by atoms with Crippen LogP contribution in [0.15, 0.2) is 73.6 Å². The molecule has 3 aromatic heterocycles. The molecule has 0 saturated carbocycles. The number of hydrogen-bond acceptors (Lipinski definition) is 5. The van der Waals surface area contributed by atoms with Crippen molar-refractivity contribution in [2.75, 3.05) is 18.0 Å². The molecule has 4 heterocycles. The van der Waals surface area contributed by atoms with Gasteiger partial charge in [-0.1, -0.05) is 61.2 Å². The molecule has 0 radical (unpaired) electrons. The number of nitrogens with two attached hydrogens (primary N) is 1. The number of rotatable bonds is 3. The van der Waals surface area contributed by atoms with Crippen molar-refractivity contribution in [1.82, 2.24) is 24.6 Å². The van der Waals surface area contributed by atoms with E-state index in [1.54, 1.807) is 0 Å². The number of piperidine rings is 1. The van der Waals surface area contributed by atoms with E-state index in [9.17, 15) is 0 Å². The first-order valence-corrected chi connectivity index (χ1v) is 12.2. The molecule has 35 heavy (non-hydrogen) atoms. The highest BCUT2D eigenvalue weighted by Gasteiger charge is 2.46. The summed E-state index contributed by atoms with van der Waals surface area (Å²) >= 11 is 0. The van der Waals surface area contributed by atoms with E-state index < -0.39 is 0 Å². The van der Waals surface area contributed by atoms with Crippen molar-refractivity contribution in [1.29, 1.82) is 0 Å². The fraction of sp³-hybridized carbons (Fsp3) is 0.250. The Labute approximate surface area is 203 Å². The Hall–Kier alpha value is -3.97. The second-order valence-electron chi connectivity index (χ2n) is 9.88. The number of H-pyrrole nitrogens is 1. The number of benzene rings is 2. The van der Waals surface area contributed by atoms with Crippen molar-refractivity contribution in [3.05, 3.63) is 96.0 Å². The molecule has 1 spiro atoms. The molecule has 1 fully saturated rings. The van der Waals surface area contributed by atoms with E-state index in [4.69, 9.17) is 15.7 Å². The summed E-state index contributed by atoms with van der Waals surface area (Å²) in [6.07, 6.45) is 6.96. The lowest BCUT2D eigenvalue weighted by atomic mass is 9.73. The lowest BCUT2D eigenvalue weighted by Crippen LogP contribution is -2.45. The summed E-state index contributed by atoms with van der Waals surface area (Å²) < 4.78 is 2.08. The average Bonchev–Trinajstić information content (AvgIpc) is 3.61. The first kappa shape index (κ1) is 20.4. The molecule has 2 aromatic carbocycles. The van der Waals surface area contributed by atoms with Gasteiger partial charge in [0.2, 0.25) is 5.95 Å². The quantitative estimate of drug-likeness (QED) is 0.413. The van der Waals surface area contributed by atoms with Crippen molar-refractivity contribution >= 4 is 28.2 Å². The maximum absolute atomic E-state index is 6.80. The summed E-state index contributed by atoms with van der Waals surface area (Å²) in [5.41, 5.74) is 13.9. The lowest BCUT2D eigenvalue weighted by Gasteiger charge is -2.42. The van der Waals surface area contributed by atoms with Gasteiger partial charge in [0.1, 0.15) is 5.69 Å². The standard InChI is InChI=1S/C28H27N7/c1-18(19-7-3-2-4-8-19)23-22-25(33-32-23)31-27(35-16-13-30-26(22)35)34-14-11-28(12-15-34)17-20-9-5-6-10-21(20)24(28)29/h2-10,13,16,24H,1,11-12,14-15,17,29H2,(H,32,33)/t24-/m1/s1. The van der Waals surface area contributed by atoms with E-state index >= 15 is 0 Å². The SMILES string of the molecule is C=C(c1ccccc1)c1n[nH]c2nc(N3CCC4(CC3)Cc3ccccc3[C@H]4N)n3ccnc3c12. The van der Waals surface area contributed by atoms with Crippen LogP contribution in [0.2, 0.25) is 0 Å². The number of imidazole rings is 1. The van der Waals surface area contributed by atoms with Gasteiger partial charge in [0, 0.05) is 37.1 Å². The van der Waals surface area contributed by atoms with Crippen LogP contribution in [0.1, 0.15) is 41.3 Å². The van der Waals surface area contributed by atoms with Crippen molar-refractivity contribution in [3.8, 4) is 0 Å². The van der Waals surface area contributed by atoms with E-state index in [0.29, 0.717) is 0 Å². The summed E-state index contributed by atoms with van der Waals surface area (Å²) in [6, 6.07) is 18.9. The number of nitrogens with one attached hydrogen (secondary N) is 1. The topological polar surface area (TPSA) is 88.1 Å². The zero-order valence-corrected chi connectivity index (χ0v) is 19.5. The van der Waals surface area contributed by atoms with Crippen LogP contribution in [-0.2, 0) is 6.42 Å². The molecular weight excluding hydrogens is 434 g/mol. The van der Waals surface area contributed by atoms with Crippen LogP contribution in [0.3, 0.4) is 0 Å². The third-order valence-corrected chi connectivity index (χ3v) is 8.08. The fourth-order valence-corrected chi connectivity index (χ4v) is 6.10. The van der Waals surface area contributed by atoms with Gasteiger partial charge in [-0.15, -0.1) is 0 Å². The molecule has 0 unspecified atom stereocenters. The molecule has 3 N–H and O–H groups in total. The van der Waals surface area contributed by atoms with E-state index in [-0.39, 0.29) is 11.5 Å². The Morgan fingerprint density at radius 3 is 2.63 bits per heavy atom. The van der Waals surface area contributed by atoms with Crippen molar-refractivity contribution in [2.45, 2.75) is 25.3 Å². The predicted octanol–water partition coefficient (Wildman–Crippen LogP) is 4.51. The number of nitrogens with zero attached hydrogens (tertiary/aromatic N) is 5. The average molecular weight is 462 g/mol. The molecule has 174 valence electrons. The zero-order chi connectivity index (χ0) is 23.6. The van der Waals surface area contributed by atoms with Gasteiger partial charge in [0.15, 0.2) is 11.3 Å². The monoisotopic (exact) mass is 461 g/mol. The number of fused-ring (bicyclic) bond motifs is 4. The van der Waals surface area contributed by atoms with Gasteiger partial charge in [0.05, 0.1) is 5.39 Å². The number of anilines is 1. The zero-order valence-electron chi connectivity index (χ0n) is 19.5. The maximum Gasteiger partial charge on any atom is 0.213 e. The molecule has 7 heteroatoms. The first-order valence-electron chi connectivity index (χ1n) is 12.2. The highest BCUT2D eigenvalue weighted by atomic mass is 15.3. The van der Waals surface area contributed by atoms with Gasteiger partial charge in [-0.2, -0.15) is 10.1 Å². The van der Waals surface area contributed by atoms with Crippen LogP contribution in [0.5, 0.6) is 0 Å². The molecule has 1 aliphatic heterocycles. The second kappa shape index (κ2) is 7.52. The van der Waals surface area contributed by atoms with E-state index in [1.165, 1.54) is 11.1 Å². The second-order valence-corrected chi connectivity index (χ2v) is 9.88. The molecule has 0 amide bonds. The van der Waals surface area contributed by atoms with Gasteiger partial charge >= 0.3 is 0 Å². The lowest BCUT2D eigenvalue weighted by molar-refractivity contribution is 0.187. The normalized spacial score (nSPS) is 19.0. The predicted molar refractivity (Wildman–Crippen MR) is 138 cm³/mol. The van der Waals surface area contributed by atoms with Gasteiger partial charge in [-0.3, -0.25) is 9.50 Å². The number of hydrogen-bond donors (Lipinski definition) is 2. The van der Waals surface area contributed by atoms with Crippen LogP contribution >= 0.6 is 0 Å². The Bertz CT molecular complexity index is 1570. The Morgan fingerprint density at radius 1 is 1.06 bits per heavy atom. The Balaban J connectivity index is 1.23. The number of aromatic amines is 1. The largest absolute Gasteiger partial charge is 0.342 e. The minimum atomic E-state index is 0.101. The van der Waals surface area contributed by atoms with Crippen LogP contribution in [0.4, 0.5) is 5.95 Å². The van der Waals surface area contributed by atoms with E-state index in [0.717, 1.165) is 71.8 Å². The maximum atomic E-state index is 6.80. The number of aromatic nitrogens is 5. The minimum absolute atomic E-state index is 0.101. The Morgan fingerprint density at radius 2 is 1.83 bits per heavy atom. The summed E-state index contributed by atoms with van der Waals surface area (Å²) in [4.78, 5) is 12.1. The summed E-state index contributed by atoms with van der Waals surface area (Å²) in [7, 11) is 0. The molecule has 1 atom stereocenters. The summed E-state index contributed by atoms with van der Waals surface area (Å²) in [6.45, 7) is 6.13. The summed E-state index contributed by atoms with van der Waals surface area (Å²) in [5, 5.41) is 8.65. The molecule has 2 aliphatic rings. The van der Waals surface area contributed by atoms with Crippen molar-refractivity contribution in [3.63, 3.8) is 0 Å². The third kappa shape index (κ3) is 2.98. The van der Waals surface area contributed by atoms with Gasteiger partial charge < -0.3 is 10.6 Å². The smallest absolute Gasteiger partial charge is 0.213 e. The first-order chi connectivity index (χ1) is 17.1. The van der Waals surface area contributed by atoms with Crippen LogP contribution in [0.25, 0.3) is 22.3 Å². The van der Waals surface area contributed by atoms with E-state index in [2.05, 4.69) is 50.3 Å². The molecule has 1 saturated heterocycles. The van der Waals surface area contributed by atoms with Crippen molar-refractivity contribution < 1.29 is 0 Å². The highest BCUT2D eigenvalue weighted by molar-refractivity contribution is 6.01. The van der Waals surface area contributed by atoms with Gasteiger partial charge in [-0.25, -0.2) is 4.98 Å². The highest BCUT2D eigenvalue weighted by Crippen LogP contribution is 2.51. The molecule has 7 nitrogen and oxygen atoms in total. The van der Waals surface area contributed by atoms with Crippen LogP contribution in [0, 0.1) is 5.41 Å². The fourth-order valence-electron chi connectivity index (χ4n) is 6.10. The summed E-state index contributed by atoms with van der Waals surface area (Å²) in [5.74, 6) is 0.893. The van der Waals surface area contributed by atoms with E-state index in [1.807, 2.05) is 42.7 Å².